The first-order chi connectivity index (χ1) is 8.01. The first-order valence-electron chi connectivity index (χ1n) is 7.39. The van der Waals surface area contributed by atoms with Crippen molar-refractivity contribution >= 4 is 0 Å². The fraction of sp³-hybridized carbons (Fsp3) is 0.667. The van der Waals surface area contributed by atoms with Crippen LogP contribution >= 0.6 is 0 Å². The summed E-state index contributed by atoms with van der Waals surface area (Å²) in [4.78, 5) is 0. The highest BCUT2D eigenvalue weighted by molar-refractivity contribution is 5.35. The molecule has 2 rings (SSSR count). The lowest BCUT2D eigenvalue weighted by atomic mass is 9.75. The van der Waals surface area contributed by atoms with Gasteiger partial charge in [-0.25, -0.2) is 0 Å². The maximum Gasteiger partial charge on any atom is 0.0277 e. The molecular weight excluding hydrogens is 144 g/mol. The molecule has 0 saturated heterocycles. The van der Waals surface area contributed by atoms with Gasteiger partial charge in [-0.1, -0.05) is 37.1 Å². The highest BCUT2D eigenvalue weighted by atomic mass is 14.5. The summed E-state index contributed by atoms with van der Waals surface area (Å²) in [5, 5.41) is 0. The van der Waals surface area contributed by atoms with Crippen molar-refractivity contribution in [3.8, 4) is 0 Å². The molecule has 0 spiro atoms. The Morgan fingerprint density at radius 1 is 1.67 bits per heavy atom. The minimum atomic E-state index is -2.33. The van der Waals surface area contributed by atoms with Crippen LogP contribution in [0, 0.1) is 17.3 Å². The summed E-state index contributed by atoms with van der Waals surface area (Å²) in [6, 6.07) is 0. The molecule has 0 aliphatic heterocycles. The molecule has 2 aliphatic rings. The van der Waals surface area contributed by atoms with Gasteiger partial charge in [0.15, 0.2) is 0 Å². The van der Waals surface area contributed by atoms with Crippen LogP contribution in [0.3, 0.4) is 0 Å². The van der Waals surface area contributed by atoms with Crippen LogP contribution in [0.4, 0.5) is 0 Å². The Morgan fingerprint density at radius 2 is 2.50 bits per heavy atom. The second-order valence-electron chi connectivity index (χ2n) is 4.06. The van der Waals surface area contributed by atoms with Crippen LogP contribution in [0.2, 0.25) is 0 Å². The fourth-order valence-electron chi connectivity index (χ4n) is 2.46. The van der Waals surface area contributed by atoms with Crippen molar-refractivity contribution in [1.82, 2.24) is 0 Å². The third kappa shape index (κ3) is 0.784. The van der Waals surface area contributed by atoms with Crippen molar-refractivity contribution in [2.75, 3.05) is 0 Å². The van der Waals surface area contributed by atoms with E-state index in [0.29, 0.717) is 6.42 Å². The molecule has 0 saturated carbocycles. The third-order valence-electron chi connectivity index (χ3n) is 3.32. The summed E-state index contributed by atoms with van der Waals surface area (Å²) in [5.41, 5.74) is -0.349. The van der Waals surface area contributed by atoms with Gasteiger partial charge in [-0.05, 0) is 31.5 Å². The summed E-state index contributed by atoms with van der Waals surface area (Å²) >= 11 is 0. The molecule has 66 valence electrons. The molecule has 0 aromatic rings. The number of hydrogen-bond donors (Lipinski definition) is 0. The molecule has 12 heavy (non-hydrogen) atoms. The van der Waals surface area contributed by atoms with E-state index >= 15 is 0 Å². The Bertz CT molecular complexity index is 425. The summed E-state index contributed by atoms with van der Waals surface area (Å²) in [7, 11) is 0. The van der Waals surface area contributed by atoms with Crippen LogP contribution in [0.15, 0.2) is 23.3 Å². The van der Waals surface area contributed by atoms with Crippen molar-refractivity contribution < 1.29 is 8.22 Å². The quantitative estimate of drug-likeness (QED) is 0.485. The van der Waals surface area contributed by atoms with E-state index in [1.807, 2.05) is 12.2 Å². The Labute approximate surface area is 83.8 Å². The van der Waals surface area contributed by atoms with Gasteiger partial charge in [-0.15, -0.1) is 0 Å². The van der Waals surface area contributed by atoms with Crippen molar-refractivity contribution in [3.05, 3.63) is 23.3 Å². The van der Waals surface area contributed by atoms with E-state index in [-0.39, 0.29) is 17.4 Å². The van der Waals surface area contributed by atoms with Gasteiger partial charge in [-0.2, -0.15) is 0 Å². The molecular formula is C12H18. The molecule has 0 radical (unpaired) electrons. The molecule has 0 unspecified atom stereocenters. The maximum absolute atomic E-state index is 7.80. The Morgan fingerprint density at radius 3 is 3.17 bits per heavy atom. The number of hydrogen-bond acceptors (Lipinski definition) is 0. The van der Waals surface area contributed by atoms with Gasteiger partial charge in [0.25, 0.3) is 0 Å². The molecule has 0 heteroatoms. The maximum atomic E-state index is 7.80. The van der Waals surface area contributed by atoms with Gasteiger partial charge >= 0.3 is 0 Å². The second kappa shape index (κ2) is 2.25. The van der Waals surface area contributed by atoms with Crippen molar-refractivity contribution in [2.45, 2.75) is 34.0 Å². The molecule has 0 N–H and O–H groups in total. The standard InChI is InChI=1S/C12H18/c1-8-9(2)12(3,4)11-7-5-6-10(8)11/h5-6,10-11H,7H2,1-4H3/t10-,11-/m1/s1/i2D3,3D3/t10-,11-,12+. The van der Waals surface area contributed by atoms with E-state index in [9.17, 15) is 0 Å². The highest BCUT2D eigenvalue weighted by Gasteiger charge is 2.44. The molecule has 0 aromatic carbocycles. The van der Waals surface area contributed by atoms with E-state index in [1.165, 1.54) is 0 Å². The van der Waals surface area contributed by atoms with Gasteiger partial charge in [0, 0.05) is 14.1 Å². The van der Waals surface area contributed by atoms with Crippen LogP contribution in [0.5, 0.6) is 0 Å². The summed E-state index contributed by atoms with van der Waals surface area (Å²) in [6.07, 6.45) is 4.58. The minimum Gasteiger partial charge on any atom is -0.0876 e. The first-order valence-corrected chi connectivity index (χ1v) is 4.39. The van der Waals surface area contributed by atoms with Gasteiger partial charge in [-0.3, -0.25) is 0 Å². The smallest absolute Gasteiger partial charge is 0.0277 e. The van der Waals surface area contributed by atoms with Crippen molar-refractivity contribution in [3.63, 3.8) is 0 Å². The van der Waals surface area contributed by atoms with Crippen LogP contribution in [-0.4, -0.2) is 0 Å². The largest absolute Gasteiger partial charge is 0.0876 e. The normalized spacial score (nSPS) is 55.2. The molecule has 0 bridgehead atoms. The highest BCUT2D eigenvalue weighted by Crippen LogP contribution is 2.54. The van der Waals surface area contributed by atoms with Crippen LogP contribution in [-0.2, 0) is 0 Å². The van der Waals surface area contributed by atoms with Crippen LogP contribution in [0.25, 0.3) is 0 Å². The number of fused-ring (bicyclic) bond motifs is 1. The van der Waals surface area contributed by atoms with E-state index < -0.39 is 19.1 Å². The number of allylic oxidation sites excluding steroid dienone is 4. The van der Waals surface area contributed by atoms with E-state index in [4.69, 9.17) is 8.22 Å². The topological polar surface area (TPSA) is 0 Å². The molecule has 0 heterocycles. The van der Waals surface area contributed by atoms with Gasteiger partial charge in [0.1, 0.15) is 0 Å². The lowest BCUT2D eigenvalue weighted by molar-refractivity contribution is 0.273. The zero-order valence-electron chi connectivity index (χ0n) is 13.5. The molecule has 0 amide bonds. The lowest BCUT2D eigenvalue weighted by Gasteiger charge is -2.28. The second-order valence-corrected chi connectivity index (χ2v) is 4.06. The average molecular weight is 168 g/mol. The van der Waals surface area contributed by atoms with E-state index in [1.54, 1.807) is 13.8 Å². The minimum absolute atomic E-state index is 0.0224. The molecule has 0 aromatic heterocycles. The van der Waals surface area contributed by atoms with Crippen molar-refractivity contribution in [2.24, 2.45) is 17.3 Å². The SMILES string of the molecule is [2H]C([2H])([2H])C1=C(C)[C@H]2C=CC[C@H]2[C@]1(C)C([2H])([2H])[2H]. The first kappa shape index (κ1) is 3.69. The number of rotatable bonds is 0. The molecule has 2 aliphatic carbocycles. The summed E-state index contributed by atoms with van der Waals surface area (Å²) < 4.78 is 46.4. The monoisotopic (exact) mass is 168 g/mol. The van der Waals surface area contributed by atoms with E-state index in [0.717, 1.165) is 5.57 Å². The van der Waals surface area contributed by atoms with Crippen molar-refractivity contribution in [1.29, 1.82) is 0 Å². The molecule has 0 nitrogen and oxygen atoms in total. The fourth-order valence-corrected chi connectivity index (χ4v) is 2.46. The van der Waals surface area contributed by atoms with Gasteiger partial charge in [0.2, 0.25) is 0 Å². The Hall–Kier alpha value is -0.520. The lowest BCUT2D eigenvalue weighted by Crippen LogP contribution is -2.21. The average Bonchev–Trinajstić information content (AvgIpc) is 2.67. The third-order valence-corrected chi connectivity index (χ3v) is 3.32. The predicted molar refractivity (Wildman–Crippen MR) is 52.9 cm³/mol. The van der Waals surface area contributed by atoms with Gasteiger partial charge < -0.3 is 0 Å². The summed E-state index contributed by atoms with van der Waals surface area (Å²) in [5.74, 6) is -0.161. The van der Waals surface area contributed by atoms with Crippen LogP contribution < -0.4 is 0 Å². The summed E-state index contributed by atoms with van der Waals surface area (Å²) in [6.45, 7) is -1.25. The van der Waals surface area contributed by atoms with Crippen LogP contribution in [0.1, 0.15) is 42.2 Å². The zero-order valence-corrected chi connectivity index (χ0v) is 7.52. The molecule has 0 fully saturated rings. The zero-order chi connectivity index (χ0) is 13.9. The molecule has 3 atom stereocenters. The van der Waals surface area contributed by atoms with E-state index in [2.05, 4.69) is 0 Å². The predicted octanol–water partition coefficient (Wildman–Crippen LogP) is 3.55. The Kier molecular flexibility index (Phi) is 0.691. The Balaban J connectivity index is 2.64. The van der Waals surface area contributed by atoms with Gasteiger partial charge in [0.05, 0.1) is 0 Å².